The maximum absolute atomic E-state index is 13.2. The largest absolute Gasteiger partial charge is 0.495 e. The Morgan fingerprint density at radius 1 is 1.23 bits per heavy atom. The normalized spacial score (nSPS) is 19.8. The van der Waals surface area contributed by atoms with Gasteiger partial charge in [-0.25, -0.2) is 8.42 Å². The average Bonchev–Trinajstić information content (AvgIpc) is 3.28. The Hall–Kier alpha value is -1.94. The molecule has 1 atom stereocenters. The summed E-state index contributed by atoms with van der Waals surface area (Å²) < 4.78 is 38.4. The van der Waals surface area contributed by atoms with E-state index in [0.717, 1.165) is 12.8 Å². The van der Waals surface area contributed by atoms with Crippen LogP contribution in [0.25, 0.3) is 0 Å². The fraction of sp³-hybridized carbons (Fsp3) is 0.500. The van der Waals surface area contributed by atoms with E-state index < -0.39 is 10.0 Å². The Morgan fingerprint density at radius 3 is 2.71 bits per heavy atom. The molecule has 4 rings (SSSR count). The van der Waals surface area contributed by atoms with E-state index in [1.165, 1.54) is 21.9 Å². The number of nitrogens with zero attached hydrogens (tertiary/aromatic N) is 2. The number of hydrogen-bond acceptors (Lipinski definition) is 6. The number of methoxy groups -OCH3 is 1. The quantitative estimate of drug-likeness (QED) is 0.657. The van der Waals surface area contributed by atoms with Crippen molar-refractivity contribution >= 4 is 27.3 Å². The fourth-order valence-corrected chi connectivity index (χ4v) is 6.91. The van der Waals surface area contributed by atoms with Gasteiger partial charge in [-0.2, -0.15) is 4.31 Å². The molecule has 0 aliphatic carbocycles. The van der Waals surface area contributed by atoms with E-state index in [0.29, 0.717) is 38.4 Å². The maximum Gasteiger partial charge on any atom is 0.246 e. The maximum atomic E-state index is 13.2. The second-order valence-electron chi connectivity index (χ2n) is 7.74. The van der Waals surface area contributed by atoms with Crippen molar-refractivity contribution in [1.29, 1.82) is 0 Å². The Balaban J connectivity index is 1.58. The highest BCUT2D eigenvalue weighted by molar-refractivity contribution is 7.89. The van der Waals surface area contributed by atoms with Crippen LogP contribution < -0.4 is 4.74 Å². The van der Waals surface area contributed by atoms with Crippen molar-refractivity contribution in [3.05, 3.63) is 45.6 Å². The predicted molar refractivity (Wildman–Crippen MR) is 119 cm³/mol. The van der Waals surface area contributed by atoms with Crippen molar-refractivity contribution in [3.63, 3.8) is 0 Å². The first-order valence-corrected chi connectivity index (χ1v) is 12.9. The van der Waals surface area contributed by atoms with E-state index in [2.05, 4.69) is 18.4 Å². The van der Waals surface area contributed by atoms with Crippen LogP contribution in [0.4, 0.5) is 0 Å². The number of carbonyl (C=O) groups excluding carboxylic acids is 1. The van der Waals surface area contributed by atoms with Crippen molar-refractivity contribution in [2.24, 2.45) is 0 Å². The summed E-state index contributed by atoms with van der Waals surface area (Å²) in [6, 6.07) is 7.20. The van der Waals surface area contributed by atoms with Crippen LogP contribution in [0.3, 0.4) is 0 Å². The number of carbonyl (C=O) groups is 1. The van der Waals surface area contributed by atoms with Crippen LogP contribution in [0, 0.1) is 0 Å². The number of morpholine rings is 1. The number of benzene rings is 1. The van der Waals surface area contributed by atoms with Crippen molar-refractivity contribution in [1.82, 2.24) is 9.21 Å². The Bertz CT molecular complexity index is 1040. The first-order valence-electron chi connectivity index (χ1n) is 10.6. The molecule has 0 unspecified atom stereocenters. The highest BCUT2D eigenvalue weighted by Gasteiger charge is 2.32. The number of thiophene rings is 1. The van der Waals surface area contributed by atoms with Gasteiger partial charge in [-0.15, -0.1) is 11.3 Å². The highest BCUT2D eigenvalue weighted by Crippen LogP contribution is 2.36. The SMILES string of the molecule is CC[C@@H]1c2ccsc2CCN1C(=O)Cc1ccc(OC)c(S(=O)(=O)N2CCOCC2)c1. The van der Waals surface area contributed by atoms with Crippen molar-refractivity contribution < 1.29 is 22.7 Å². The van der Waals surface area contributed by atoms with Crippen molar-refractivity contribution in [2.45, 2.75) is 37.1 Å². The molecule has 2 aromatic rings. The minimum atomic E-state index is -3.73. The van der Waals surface area contributed by atoms with E-state index >= 15 is 0 Å². The summed E-state index contributed by atoms with van der Waals surface area (Å²) in [6.07, 6.45) is 1.88. The van der Waals surface area contributed by atoms with E-state index in [-0.39, 0.29) is 29.0 Å². The van der Waals surface area contributed by atoms with E-state index in [4.69, 9.17) is 9.47 Å². The molecule has 3 heterocycles. The molecule has 2 aliphatic heterocycles. The second-order valence-corrected chi connectivity index (χ2v) is 10.6. The zero-order chi connectivity index (χ0) is 22.0. The fourth-order valence-electron chi connectivity index (χ4n) is 4.37. The molecule has 2 aliphatic rings. The van der Waals surface area contributed by atoms with Gasteiger partial charge in [0.05, 0.1) is 32.8 Å². The van der Waals surface area contributed by atoms with Gasteiger partial charge in [0, 0.05) is 24.5 Å². The molecule has 31 heavy (non-hydrogen) atoms. The van der Waals surface area contributed by atoms with Crippen LogP contribution >= 0.6 is 11.3 Å². The first-order chi connectivity index (χ1) is 15.0. The molecule has 0 N–H and O–H groups in total. The molecule has 1 fully saturated rings. The smallest absolute Gasteiger partial charge is 0.246 e. The molecule has 0 bridgehead atoms. The number of hydrogen-bond donors (Lipinski definition) is 0. The molecule has 1 aromatic heterocycles. The number of rotatable bonds is 6. The minimum Gasteiger partial charge on any atom is -0.495 e. The summed E-state index contributed by atoms with van der Waals surface area (Å²) in [5.41, 5.74) is 1.92. The van der Waals surface area contributed by atoms with Crippen LogP contribution in [-0.4, -0.2) is 63.5 Å². The van der Waals surface area contributed by atoms with Gasteiger partial charge in [0.2, 0.25) is 15.9 Å². The second kappa shape index (κ2) is 9.28. The van der Waals surface area contributed by atoms with Crippen LogP contribution in [0.1, 0.15) is 35.4 Å². The van der Waals surface area contributed by atoms with Crippen LogP contribution in [-0.2, 0) is 32.4 Å². The zero-order valence-electron chi connectivity index (χ0n) is 17.9. The predicted octanol–water partition coefficient (Wildman–Crippen LogP) is 2.86. The van der Waals surface area contributed by atoms with Gasteiger partial charge in [-0.1, -0.05) is 13.0 Å². The molecule has 0 saturated carbocycles. The molecule has 0 spiro atoms. The molecule has 1 amide bonds. The molecule has 7 nitrogen and oxygen atoms in total. The molecule has 1 aromatic carbocycles. The summed E-state index contributed by atoms with van der Waals surface area (Å²) in [5, 5.41) is 2.09. The molecule has 1 saturated heterocycles. The van der Waals surface area contributed by atoms with Gasteiger partial charge in [-0.3, -0.25) is 4.79 Å². The minimum absolute atomic E-state index is 0.0172. The molecule has 0 radical (unpaired) electrons. The van der Waals surface area contributed by atoms with Crippen molar-refractivity contribution in [2.75, 3.05) is 40.0 Å². The summed E-state index contributed by atoms with van der Waals surface area (Å²) >= 11 is 1.75. The topological polar surface area (TPSA) is 76.2 Å². The van der Waals surface area contributed by atoms with Gasteiger partial charge in [0.15, 0.2) is 0 Å². The van der Waals surface area contributed by atoms with Gasteiger partial charge < -0.3 is 14.4 Å². The number of amides is 1. The lowest BCUT2D eigenvalue weighted by Gasteiger charge is -2.35. The van der Waals surface area contributed by atoms with E-state index in [9.17, 15) is 13.2 Å². The van der Waals surface area contributed by atoms with Gasteiger partial charge in [-0.05, 0) is 47.5 Å². The van der Waals surface area contributed by atoms with Crippen molar-refractivity contribution in [3.8, 4) is 5.75 Å². The lowest BCUT2D eigenvalue weighted by molar-refractivity contribution is -0.133. The van der Waals surface area contributed by atoms with E-state index in [1.807, 2.05) is 4.90 Å². The average molecular weight is 465 g/mol. The lowest BCUT2D eigenvalue weighted by Crippen LogP contribution is -2.41. The third kappa shape index (κ3) is 4.37. The molecular weight excluding hydrogens is 436 g/mol. The van der Waals surface area contributed by atoms with E-state index in [1.54, 1.807) is 29.5 Å². The Morgan fingerprint density at radius 2 is 2.00 bits per heavy atom. The standard InChI is InChI=1S/C22H28N2O5S2/c1-3-18-17-7-13-30-20(17)6-8-24(18)22(25)15-16-4-5-19(28-2)21(14-16)31(26,27)23-9-11-29-12-10-23/h4-5,7,13-14,18H,3,6,8-12,15H2,1-2H3/t18-/m1/s1. The van der Waals surface area contributed by atoms with Gasteiger partial charge in [0.25, 0.3) is 0 Å². The third-order valence-electron chi connectivity index (χ3n) is 5.97. The monoisotopic (exact) mass is 464 g/mol. The van der Waals surface area contributed by atoms with Crippen LogP contribution in [0.2, 0.25) is 0 Å². The lowest BCUT2D eigenvalue weighted by atomic mass is 9.97. The summed E-state index contributed by atoms with van der Waals surface area (Å²) in [5.74, 6) is 0.304. The highest BCUT2D eigenvalue weighted by atomic mass is 32.2. The zero-order valence-corrected chi connectivity index (χ0v) is 19.5. The molecule has 168 valence electrons. The third-order valence-corrected chi connectivity index (χ3v) is 8.89. The van der Waals surface area contributed by atoms with Crippen LogP contribution in [0.15, 0.2) is 34.5 Å². The van der Waals surface area contributed by atoms with Gasteiger partial charge in [0.1, 0.15) is 10.6 Å². The number of fused-ring (bicyclic) bond motifs is 1. The molecular formula is C22H28N2O5S2. The summed E-state index contributed by atoms with van der Waals surface area (Å²) in [6.45, 7) is 4.15. The van der Waals surface area contributed by atoms with Crippen LogP contribution in [0.5, 0.6) is 5.75 Å². The first kappa shape index (κ1) is 22.3. The number of sulfonamides is 1. The Kier molecular flexibility index (Phi) is 6.66. The number of ether oxygens (including phenoxy) is 2. The van der Waals surface area contributed by atoms with Gasteiger partial charge >= 0.3 is 0 Å². The Labute approximate surface area is 187 Å². The molecule has 9 heteroatoms. The summed E-state index contributed by atoms with van der Waals surface area (Å²) in [4.78, 5) is 16.6. The summed E-state index contributed by atoms with van der Waals surface area (Å²) in [7, 11) is -2.28.